The lowest BCUT2D eigenvalue weighted by atomic mass is 10.1. The molecule has 0 aromatic carbocycles. The van der Waals surface area contributed by atoms with Crippen LogP contribution in [0.4, 0.5) is 0 Å². The number of rotatable bonds is 8. The van der Waals surface area contributed by atoms with Crippen LogP contribution in [-0.2, 0) is 14.4 Å². The minimum Gasteiger partial charge on any atom is -0.480 e. The molecule has 120 valence electrons. The molecule has 1 rings (SSSR count). The number of carboxylic acid groups (broad SMARTS) is 1. The smallest absolute Gasteiger partial charge is 0.326 e. The topological polar surface area (TPSA) is 86.7 Å². The number of carbonyl (C=O) groups excluding carboxylic acids is 2. The third kappa shape index (κ3) is 5.57. The van der Waals surface area contributed by atoms with Crippen LogP contribution in [0.1, 0.15) is 26.7 Å². The summed E-state index contributed by atoms with van der Waals surface area (Å²) in [5, 5.41) is 11.7. The second kappa shape index (κ2) is 8.26. The highest BCUT2D eigenvalue weighted by molar-refractivity contribution is 7.98. The Labute approximate surface area is 129 Å². The minimum absolute atomic E-state index is 0.0279. The number of carboxylic acids is 1. The lowest BCUT2D eigenvalue weighted by molar-refractivity contribution is -0.142. The summed E-state index contributed by atoms with van der Waals surface area (Å²) in [6.45, 7) is 5.06. The van der Waals surface area contributed by atoms with Crippen LogP contribution in [0.25, 0.3) is 0 Å². The largest absolute Gasteiger partial charge is 0.480 e. The number of nitrogens with one attached hydrogen (secondary N) is 1. The number of aliphatic carboxylic acids is 1. The number of thioether (sulfide) groups is 1. The van der Waals surface area contributed by atoms with E-state index in [-0.39, 0.29) is 18.2 Å². The van der Waals surface area contributed by atoms with Crippen molar-refractivity contribution >= 4 is 29.5 Å². The molecule has 0 aliphatic carbocycles. The maximum atomic E-state index is 12.1. The Kier molecular flexibility index (Phi) is 7.01. The standard InChI is InChI=1S/C14H24N2O4S/c1-9(2)7-16-8-10(6-12(16)17)13(18)15-11(14(19)20)4-5-21-3/h9-11H,4-8H2,1-3H3,(H,15,18)(H,19,20)/t10?,11-/m0/s1. The lowest BCUT2D eigenvalue weighted by Crippen LogP contribution is -2.44. The van der Waals surface area contributed by atoms with Gasteiger partial charge in [-0.2, -0.15) is 11.8 Å². The van der Waals surface area contributed by atoms with Gasteiger partial charge in [0, 0.05) is 19.5 Å². The third-order valence-corrected chi connectivity index (χ3v) is 4.04. The number of nitrogens with zero attached hydrogens (tertiary/aromatic N) is 1. The van der Waals surface area contributed by atoms with E-state index in [4.69, 9.17) is 5.11 Å². The van der Waals surface area contributed by atoms with Crippen molar-refractivity contribution in [2.45, 2.75) is 32.7 Å². The monoisotopic (exact) mass is 316 g/mol. The molecule has 1 aliphatic heterocycles. The molecule has 1 saturated heterocycles. The maximum Gasteiger partial charge on any atom is 0.326 e. The quantitative estimate of drug-likeness (QED) is 0.692. The van der Waals surface area contributed by atoms with Gasteiger partial charge in [-0.3, -0.25) is 9.59 Å². The number of amides is 2. The van der Waals surface area contributed by atoms with Crippen molar-refractivity contribution in [1.29, 1.82) is 0 Å². The number of hydrogen-bond acceptors (Lipinski definition) is 4. The molecule has 7 heteroatoms. The Morgan fingerprint density at radius 1 is 1.48 bits per heavy atom. The minimum atomic E-state index is -1.03. The van der Waals surface area contributed by atoms with Gasteiger partial charge in [-0.1, -0.05) is 13.8 Å². The van der Waals surface area contributed by atoms with Crippen molar-refractivity contribution in [2.75, 3.05) is 25.1 Å². The van der Waals surface area contributed by atoms with Crippen LogP contribution in [0.5, 0.6) is 0 Å². The fourth-order valence-corrected chi connectivity index (χ4v) is 2.82. The summed E-state index contributed by atoms with van der Waals surface area (Å²) in [4.78, 5) is 36.8. The fraction of sp³-hybridized carbons (Fsp3) is 0.786. The SMILES string of the molecule is CSCC[C@H](NC(=O)C1CC(=O)N(CC(C)C)C1)C(=O)O. The Morgan fingerprint density at radius 2 is 2.14 bits per heavy atom. The molecular formula is C14H24N2O4S. The van der Waals surface area contributed by atoms with Crippen LogP contribution in [0, 0.1) is 11.8 Å². The van der Waals surface area contributed by atoms with Crippen molar-refractivity contribution in [1.82, 2.24) is 10.2 Å². The summed E-state index contributed by atoms with van der Waals surface area (Å²) < 4.78 is 0. The molecule has 1 aliphatic rings. The molecule has 0 bridgehead atoms. The number of carbonyl (C=O) groups is 3. The highest BCUT2D eigenvalue weighted by Crippen LogP contribution is 2.19. The van der Waals surface area contributed by atoms with Gasteiger partial charge in [0.2, 0.25) is 11.8 Å². The zero-order valence-corrected chi connectivity index (χ0v) is 13.6. The molecule has 1 unspecified atom stereocenters. The Hall–Kier alpha value is -1.24. The molecule has 2 atom stereocenters. The molecule has 6 nitrogen and oxygen atoms in total. The molecule has 0 aromatic rings. The van der Waals surface area contributed by atoms with Crippen LogP contribution in [0.15, 0.2) is 0 Å². The average Bonchev–Trinajstić information content (AvgIpc) is 2.74. The first-order valence-electron chi connectivity index (χ1n) is 7.15. The fourth-order valence-electron chi connectivity index (χ4n) is 2.35. The molecule has 0 spiro atoms. The van der Waals surface area contributed by atoms with E-state index in [0.29, 0.717) is 31.2 Å². The predicted octanol–water partition coefficient (Wildman–Crippen LogP) is 0.813. The van der Waals surface area contributed by atoms with E-state index in [1.165, 1.54) is 11.8 Å². The van der Waals surface area contributed by atoms with Crippen molar-refractivity contribution in [3.8, 4) is 0 Å². The van der Waals surface area contributed by atoms with Crippen LogP contribution in [0.2, 0.25) is 0 Å². The Balaban J connectivity index is 2.55. The van der Waals surface area contributed by atoms with Crippen LogP contribution >= 0.6 is 11.8 Å². The van der Waals surface area contributed by atoms with Gasteiger partial charge >= 0.3 is 5.97 Å². The van der Waals surface area contributed by atoms with E-state index in [1.54, 1.807) is 4.90 Å². The van der Waals surface area contributed by atoms with E-state index in [0.717, 1.165) is 0 Å². The molecule has 1 heterocycles. The van der Waals surface area contributed by atoms with E-state index >= 15 is 0 Å². The van der Waals surface area contributed by atoms with Crippen LogP contribution < -0.4 is 5.32 Å². The number of hydrogen-bond donors (Lipinski definition) is 2. The summed E-state index contributed by atoms with van der Waals surface area (Å²) in [7, 11) is 0. The van der Waals surface area contributed by atoms with Gasteiger partial charge in [0.15, 0.2) is 0 Å². The normalized spacial score (nSPS) is 19.9. The summed E-state index contributed by atoms with van der Waals surface area (Å²) >= 11 is 1.54. The molecule has 2 amide bonds. The van der Waals surface area contributed by atoms with Gasteiger partial charge in [-0.25, -0.2) is 4.79 Å². The van der Waals surface area contributed by atoms with Gasteiger partial charge in [0.05, 0.1) is 5.92 Å². The maximum absolute atomic E-state index is 12.1. The van der Waals surface area contributed by atoms with Gasteiger partial charge < -0.3 is 15.3 Å². The summed E-state index contributed by atoms with van der Waals surface area (Å²) in [6.07, 6.45) is 2.45. The Morgan fingerprint density at radius 3 is 2.67 bits per heavy atom. The van der Waals surface area contributed by atoms with Gasteiger partial charge in [0.1, 0.15) is 6.04 Å². The van der Waals surface area contributed by atoms with Gasteiger partial charge in [-0.05, 0) is 24.3 Å². The first-order chi connectivity index (χ1) is 9.85. The molecule has 0 saturated carbocycles. The van der Waals surface area contributed by atoms with E-state index in [2.05, 4.69) is 5.32 Å². The van der Waals surface area contributed by atoms with E-state index in [1.807, 2.05) is 20.1 Å². The van der Waals surface area contributed by atoms with Crippen molar-refractivity contribution < 1.29 is 19.5 Å². The highest BCUT2D eigenvalue weighted by Gasteiger charge is 2.35. The second-order valence-corrected chi connectivity index (χ2v) is 6.76. The molecule has 2 N–H and O–H groups in total. The number of likely N-dealkylation sites (tertiary alicyclic amines) is 1. The van der Waals surface area contributed by atoms with Crippen molar-refractivity contribution in [3.05, 3.63) is 0 Å². The van der Waals surface area contributed by atoms with Crippen LogP contribution in [-0.4, -0.2) is 58.9 Å². The molecule has 0 aromatic heterocycles. The first-order valence-corrected chi connectivity index (χ1v) is 8.54. The van der Waals surface area contributed by atoms with E-state index < -0.39 is 17.9 Å². The summed E-state index contributed by atoms with van der Waals surface area (Å²) in [5.41, 5.74) is 0. The molecule has 1 fully saturated rings. The predicted molar refractivity (Wildman–Crippen MR) is 82.1 cm³/mol. The lowest BCUT2D eigenvalue weighted by Gasteiger charge is -2.19. The first kappa shape index (κ1) is 17.8. The third-order valence-electron chi connectivity index (χ3n) is 3.40. The summed E-state index contributed by atoms with van der Waals surface area (Å²) in [6, 6.07) is -0.876. The summed E-state index contributed by atoms with van der Waals surface area (Å²) in [5.74, 6) is -0.805. The van der Waals surface area contributed by atoms with E-state index in [9.17, 15) is 14.4 Å². The van der Waals surface area contributed by atoms with Gasteiger partial charge in [-0.15, -0.1) is 0 Å². The average molecular weight is 316 g/mol. The second-order valence-electron chi connectivity index (χ2n) is 5.77. The Bertz CT molecular complexity index is 400. The zero-order valence-electron chi connectivity index (χ0n) is 12.8. The van der Waals surface area contributed by atoms with Crippen LogP contribution in [0.3, 0.4) is 0 Å². The van der Waals surface area contributed by atoms with Crippen molar-refractivity contribution in [2.24, 2.45) is 11.8 Å². The van der Waals surface area contributed by atoms with Crippen molar-refractivity contribution in [3.63, 3.8) is 0 Å². The molecular weight excluding hydrogens is 292 g/mol. The highest BCUT2D eigenvalue weighted by atomic mass is 32.2. The molecule has 0 radical (unpaired) electrons. The molecule has 21 heavy (non-hydrogen) atoms. The zero-order chi connectivity index (χ0) is 16.0. The van der Waals surface area contributed by atoms with Gasteiger partial charge in [0.25, 0.3) is 0 Å².